The number of hydrogen-bond acceptors (Lipinski definition) is 3. The number of aryl methyl sites for hydroxylation is 1. The van der Waals surface area contributed by atoms with Crippen molar-refractivity contribution >= 4 is 17.3 Å². The number of thiophene rings is 1. The van der Waals surface area contributed by atoms with Crippen LogP contribution in [0.5, 0.6) is 0 Å². The van der Waals surface area contributed by atoms with Gasteiger partial charge in [0.25, 0.3) is 0 Å². The highest BCUT2D eigenvalue weighted by Crippen LogP contribution is 2.18. The van der Waals surface area contributed by atoms with Crippen LogP contribution in [0.4, 0.5) is 0 Å². The Balaban J connectivity index is 2.76. The lowest BCUT2D eigenvalue weighted by Gasteiger charge is -2.19. The minimum atomic E-state index is -0.411. The van der Waals surface area contributed by atoms with Crippen LogP contribution in [-0.2, 0) is 4.74 Å². The van der Waals surface area contributed by atoms with Gasteiger partial charge in [0.15, 0.2) is 0 Å². The summed E-state index contributed by atoms with van der Waals surface area (Å²) in [6.07, 6.45) is 0. The van der Waals surface area contributed by atoms with E-state index in [4.69, 9.17) is 4.74 Å². The Morgan fingerprint density at radius 2 is 2.08 bits per heavy atom. The summed E-state index contributed by atoms with van der Waals surface area (Å²) >= 11 is 1.56. The summed E-state index contributed by atoms with van der Waals surface area (Å²) in [6.45, 7) is 7.52. The van der Waals surface area contributed by atoms with Gasteiger partial charge in [-0.25, -0.2) is 4.79 Å². The maximum Gasteiger partial charge on any atom is 0.339 e. The second-order valence-corrected chi connectivity index (χ2v) is 5.01. The van der Waals surface area contributed by atoms with Crippen LogP contribution in [0.2, 0.25) is 0 Å². The highest BCUT2D eigenvalue weighted by molar-refractivity contribution is 7.10. The number of hydrogen-bond donors (Lipinski definition) is 0. The molecule has 0 atom stereocenters. The van der Waals surface area contributed by atoms with E-state index in [1.807, 2.05) is 33.1 Å². The fourth-order valence-electron chi connectivity index (χ4n) is 0.930. The summed E-state index contributed by atoms with van der Waals surface area (Å²) in [7, 11) is 0. The molecule has 0 radical (unpaired) electrons. The normalized spacial score (nSPS) is 11.4. The molecule has 0 aliphatic heterocycles. The minimum Gasteiger partial charge on any atom is -0.456 e. The molecule has 0 N–H and O–H groups in total. The van der Waals surface area contributed by atoms with Gasteiger partial charge in [-0.2, -0.15) is 0 Å². The summed E-state index contributed by atoms with van der Waals surface area (Å²) in [5, 5.41) is 1.90. The molecule has 1 heterocycles. The Morgan fingerprint density at radius 3 is 2.46 bits per heavy atom. The van der Waals surface area contributed by atoms with Crippen molar-refractivity contribution in [3.05, 3.63) is 21.9 Å². The molecule has 0 saturated heterocycles. The molecular weight excluding hydrogens is 184 g/mol. The lowest BCUT2D eigenvalue weighted by atomic mass is 10.2. The average molecular weight is 198 g/mol. The monoisotopic (exact) mass is 198 g/mol. The van der Waals surface area contributed by atoms with E-state index in [-0.39, 0.29) is 5.97 Å². The molecule has 0 amide bonds. The first kappa shape index (κ1) is 10.3. The molecule has 1 rings (SSSR count). The maximum absolute atomic E-state index is 11.5. The van der Waals surface area contributed by atoms with Crippen molar-refractivity contribution in [3.63, 3.8) is 0 Å². The summed E-state index contributed by atoms with van der Waals surface area (Å²) in [6, 6.07) is 1.80. The van der Waals surface area contributed by atoms with Crippen molar-refractivity contribution in [1.29, 1.82) is 0 Å². The van der Waals surface area contributed by atoms with Gasteiger partial charge in [0.2, 0.25) is 0 Å². The third-order valence-corrected chi connectivity index (χ3v) is 2.32. The van der Waals surface area contributed by atoms with Crippen molar-refractivity contribution in [2.75, 3.05) is 0 Å². The topological polar surface area (TPSA) is 26.3 Å². The van der Waals surface area contributed by atoms with Crippen molar-refractivity contribution in [3.8, 4) is 0 Å². The Hall–Kier alpha value is -0.830. The molecule has 0 aromatic carbocycles. The predicted molar refractivity (Wildman–Crippen MR) is 54.2 cm³/mol. The molecule has 0 aliphatic rings. The van der Waals surface area contributed by atoms with E-state index in [0.717, 1.165) is 4.88 Å². The van der Waals surface area contributed by atoms with Gasteiger partial charge in [0.1, 0.15) is 5.60 Å². The van der Waals surface area contributed by atoms with Crippen molar-refractivity contribution in [2.45, 2.75) is 33.3 Å². The number of rotatable bonds is 1. The van der Waals surface area contributed by atoms with E-state index in [0.29, 0.717) is 5.56 Å². The lowest BCUT2D eigenvalue weighted by Crippen LogP contribution is -2.23. The summed E-state index contributed by atoms with van der Waals surface area (Å²) < 4.78 is 5.23. The van der Waals surface area contributed by atoms with E-state index < -0.39 is 5.60 Å². The molecule has 0 saturated carbocycles. The Morgan fingerprint density at radius 1 is 1.46 bits per heavy atom. The molecule has 0 bridgehead atoms. The molecule has 72 valence electrons. The van der Waals surface area contributed by atoms with Crippen LogP contribution in [0.3, 0.4) is 0 Å². The van der Waals surface area contributed by atoms with Crippen LogP contribution in [0.1, 0.15) is 36.0 Å². The average Bonchev–Trinajstić information content (AvgIpc) is 2.30. The predicted octanol–water partition coefficient (Wildman–Crippen LogP) is 3.01. The molecule has 0 fully saturated rings. The molecule has 13 heavy (non-hydrogen) atoms. The second kappa shape index (κ2) is 3.50. The van der Waals surface area contributed by atoms with E-state index in [1.54, 1.807) is 17.4 Å². The Labute approximate surface area is 82.5 Å². The smallest absolute Gasteiger partial charge is 0.339 e. The zero-order valence-electron chi connectivity index (χ0n) is 8.38. The Kier molecular flexibility index (Phi) is 2.76. The first-order valence-corrected chi connectivity index (χ1v) is 5.05. The van der Waals surface area contributed by atoms with Gasteiger partial charge < -0.3 is 4.74 Å². The van der Waals surface area contributed by atoms with Crippen molar-refractivity contribution in [1.82, 2.24) is 0 Å². The highest BCUT2D eigenvalue weighted by atomic mass is 32.1. The van der Waals surface area contributed by atoms with Gasteiger partial charge in [-0.3, -0.25) is 0 Å². The Bertz CT molecular complexity index is 307. The summed E-state index contributed by atoms with van der Waals surface area (Å²) in [5.41, 5.74) is 0.269. The molecule has 1 aromatic heterocycles. The minimum absolute atomic E-state index is 0.230. The van der Waals surface area contributed by atoms with Crippen LogP contribution in [0.15, 0.2) is 11.4 Å². The van der Waals surface area contributed by atoms with Gasteiger partial charge in [0.05, 0.1) is 5.56 Å². The molecule has 2 nitrogen and oxygen atoms in total. The van der Waals surface area contributed by atoms with Crippen molar-refractivity contribution < 1.29 is 9.53 Å². The van der Waals surface area contributed by atoms with Crippen LogP contribution in [0, 0.1) is 6.92 Å². The van der Waals surface area contributed by atoms with E-state index >= 15 is 0 Å². The fourth-order valence-corrected chi connectivity index (χ4v) is 1.62. The van der Waals surface area contributed by atoms with Crippen molar-refractivity contribution in [2.24, 2.45) is 0 Å². The van der Waals surface area contributed by atoms with Gasteiger partial charge in [-0.05, 0) is 39.1 Å². The molecule has 0 spiro atoms. The number of carbonyl (C=O) groups is 1. The van der Waals surface area contributed by atoms with E-state index in [2.05, 4.69) is 0 Å². The molecule has 0 aliphatic carbocycles. The summed E-state index contributed by atoms with van der Waals surface area (Å²) in [4.78, 5) is 12.5. The first-order chi connectivity index (χ1) is 5.90. The van der Waals surface area contributed by atoms with Crippen LogP contribution in [0.25, 0.3) is 0 Å². The van der Waals surface area contributed by atoms with Gasteiger partial charge in [-0.1, -0.05) is 0 Å². The van der Waals surface area contributed by atoms with Gasteiger partial charge in [0, 0.05) is 4.88 Å². The van der Waals surface area contributed by atoms with Crippen LogP contribution in [-0.4, -0.2) is 11.6 Å². The SMILES string of the molecule is Cc1sccc1C(=O)OC(C)(C)C. The van der Waals surface area contributed by atoms with Crippen LogP contribution < -0.4 is 0 Å². The largest absolute Gasteiger partial charge is 0.456 e. The third-order valence-electron chi connectivity index (χ3n) is 1.48. The molecule has 0 unspecified atom stereocenters. The second-order valence-electron chi connectivity index (χ2n) is 3.89. The van der Waals surface area contributed by atoms with E-state index in [1.165, 1.54) is 0 Å². The maximum atomic E-state index is 11.5. The molecule has 1 aromatic rings. The van der Waals surface area contributed by atoms with E-state index in [9.17, 15) is 4.79 Å². The number of esters is 1. The number of ether oxygens (including phenoxy) is 1. The molecular formula is C10H14O2S. The van der Waals surface area contributed by atoms with Gasteiger partial charge in [-0.15, -0.1) is 11.3 Å². The zero-order chi connectivity index (χ0) is 10.1. The standard InChI is InChI=1S/C10H14O2S/c1-7-8(5-6-13-7)9(11)12-10(2,3)4/h5-6H,1-4H3. The lowest BCUT2D eigenvalue weighted by molar-refractivity contribution is 0.00695. The van der Waals surface area contributed by atoms with Crippen LogP contribution >= 0.6 is 11.3 Å². The highest BCUT2D eigenvalue weighted by Gasteiger charge is 2.19. The summed E-state index contributed by atoms with van der Waals surface area (Å²) in [5.74, 6) is -0.230. The third kappa shape index (κ3) is 2.84. The van der Waals surface area contributed by atoms with Gasteiger partial charge >= 0.3 is 5.97 Å². The zero-order valence-corrected chi connectivity index (χ0v) is 9.20. The quantitative estimate of drug-likeness (QED) is 0.648. The number of carbonyl (C=O) groups excluding carboxylic acids is 1. The first-order valence-electron chi connectivity index (χ1n) is 4.17. The fraction of sp³-hybridized carbons (Fsp3) is 0.500. The molecule has 3 heteroatoms.